The van der Waals surface area contributed by atoms with Gasteiger partial charge in [0, 0.05) is 31.7 Å². The molecule has 0 aliphatic carbocycles. The fraction of sp³-hybridized carbons (Fsp3) is 0.250. The molecule has 0 spiro atoms. The number of imidazole rings is 1. The average molecular weight is 280 g/mol. The Morgan fingerprint density at radius 3 is 2.79 bits per heavy atom. The van der Waals surface area contributed by atoms with Crippen LogP contribution in [0.3, 0.4) is 0 Å². The maximum Gasteiger partial charge on any atom is 0.175 e. The first-order valence-corrected chi connectivity index (χ1v) is 7.65. The molecule has 102 valence electrons. The van der Waals surface area contributed by atoms with Crippen molar-refractivity contribution in [2.45, 2.75) is 11.4 Å². The SMILES string of the molecule is CS(=O)(=O)c1ccc(NCCn2ccnc2)c(N)c1. The summed E-state index contributed by atoms with van der Waals surface area (Å²) >= 11 is 0. The number of nitrogens with one attached hydrogen (secondary N) is 1. The molecule has 0 saturated heterocycles. The highest BCUT2D eigenvalue weighted by atomic mass is 32.2. The Kier molecular flexibility index (Phi) is 3.75. The van der Waals surface area contributed by atoms with Crippen LogP contribution in [0.4, 0.5) is 11.4 Å². The number of nitrogens with two attached hydrogens (primary N) is 1. The van der Waals surface area contributed by atoms with E-state index < -0.39 is 9.84 Å². The molecule has 19 heavy (non-hydrogen) atoms. The molecule has 0 bridgehead atoms. The molecule has 6 nitrogen and oxygen atoms in total. The predicted molar refractivity (Wildman–Crippen MR) is 74.7 cm³/mol. The molecule has 0 unspecified atom stereocenters. The molecular formula is C12H16N4O2S. The lowest BCUT2D eigenvalue weighted by Gasteiger charge is -2.10. The molecule has 7 heteroatoms. The maximum absolute atomic E-state index is 11.4. The highest BCUT2D eigenvalue weighted by Gasteiger charge is 2.09. The summed E-state index contributed by atoms with van der Waals surface area (Å²) in [7, 11) is -3.22. The summed E-state index contributed by atoms with van der Waals surface area (Å²) in [5.74, 6) is 0. The number of benzene rings is 1. The van der Waals surface area contributed by atoms with Crippen molar-refractivity contribution < 1.29 is 8.42 Å². The lowest BCUT2D eigenvalue weighted by molar-refractivity contribution is 0.602. The van der Waals surface area contributed by atoms with E-state index in [-0.39, 0.29) is 4.90 Å². The van der Waals surface area contributed by atoms with Crippen LogP contribution in [0, 0.1) is 0 Å². The third kappa shape index (κ3) is 3.47. The zero-order chi connectivity index (χ0) is 13.9. The summed E-state index contributed by atoms with van der Waals surface area (Å²) < 4.78 is 24.7. The van der Waals surface area contributed by atoms with Crippen LogP contribution in [0.1, 0.15) is 0 Å². The van der Waals surface area contributed by atoms with Crippen molar-refractivity contribution in [3.8, 4) is 0 Å². The topological polar surface area (TPSA) is 90.0 Å². The quantitative estimate of drug-likeness (QED) is 0.797. The molecule has 1 aromatic carbocycles. The number of nitrogen functional groups attached to an aromatic ring is 1. The van der Waals surface area contributed by atoms with E-state index in [2.05, 4.69) is 10.3 Å². The van der Waals surface area contributed by atoms with Gasteiger partial charge in [0.25, 0.3) is 0 Å². The number of hydrogen-bond donors (Lipinski definition) is 2. The minimum Gasteiger partial charge on any atom is -0.397 e. The largest absolute Gasteiger partial charge is 0.397 e. The van der Waals surface area contributed by atoms with E-state index in [9.17, 15) is 8.42 Å². The van der Waals surface area contributed by atoms with Crippen molar-refractivity contribution in [2.75, 3.05) is 23.9 Å². The Morgan fingerprint density at radius 2 is 2.21 bits per heavy atom. The first kappa shape index (κ1) is 13.4. The molecule has 0 saturated carbocycles. The molecule has 2 aromatic rings. The minimum atomic E-state index is -3.22. The standard InChI is InChI=1S/C12H16N4O2S/c1-19(17,18)10-2-3-12(11(13)8-10)15-5-7-16-6-4-14-9-16/h2-4,6,8-9,15H,5,7,13H2,1H3. The van der Waals surface area contributed by atoms with E-state index in [1.165, 1.54) is 6.07 Å². The molecule has 3 N–H and O–H groups in total. The van der Waals surface area contributed by atoms with E-state index in [0.29, 0.717) is 12.2 Å². The summed E-state index contributed by atoms with van der Waals surface area (Å²) in [6, 6.07) is 4.69. The normalized spacial score (nSPS) is 11.4. The van der Waals surface area contributed by atoms with Crippen LogP contribution < -0.4 is 11.1 Å². The molecule has 1 aromatic heterocycles. The smallest absolute Gasteiger partial charge is 0.175 e. The van der Waals surface area contributed by atoms with Gasteiger partial charge in [-0.3, -0.25) is 0 Å². The number of rotatable bonds is 5. The fourth-order valence-electron chi connectivity index (χ4n) is 1.67. The summed E-state index contributed by atoms with van der Waals surface area (Å²) in [6.45, 7) is 1.44. The number of nitrogens with zero attached hydrogens (tertiary/aromatic N) is 2. The Labute approximate surface area is 112 Å². The van der Waals surface area contributed by atoms with E-state index in [0.717, 1.165) is 18.5 Å². The fourth-order valence-corrected chi connectivity index (χ4v) is 2.33. The summed E-state index contributed by atoms with van der Waals surface area (Å²) in [4.78, 5) is 4.17. The predicted octanol–water partition coefficient (Wildman–Crippen LogP) is 0.981. The number of hydrogen-bond acceptors (Lipinski definition) is 5. The Bertz CT molecular complexity index is 650. The molecule has 0 atom stereocenters. The summed E-state index contributed by atoms with van der Waals surface area (Å²) in [5.41, 5.74) is 6.99. The van der Waals surface area contributed by atoms with Gasteiger partial charge >= 0.3 is 0 Å². The molecule has 0 fully saturated rings. The molecule has 0 aliphatic heterocycles. The average Bonchev–Trinajstić information content (AvgIpc) is 2.83. The van der Waals surface area contributed by atoms with E-state index in [4.69, 9.17) is 5.73 Å². The number of anilines is 2. The van der Waals surface area contributed by atoms with Gasteiger partial charge in [-0.15, -0.1) is 0 Å². The Balaban J connectivity index is 2.01. The van der Waals surface area contributed by atoms with E-state index >= 15 is 0 Å². The number of sulfone groups is 1. The van der Waals surface area contributed by atoms with Gasteiger partial charge in [0.2, 0.25) is 0 Å². The monoisotopic (exact) mass is 280 g/mol. The van der Waals surface area contributed by atoms with Gasteiger partial charge in [-0.25, -0.2) is 13.4 Å². The van der Waals surface area contributed by atoms with E-state index in [1.54, 1.807) is 24.7 Å². The van der Waals surface area contributed by atoms with Gasteiger partial charge in [0.15, 0.2) is 9.84 Å². The molecule has 2 rings (SSSR count). The van der Waals surface area contributed by atoms with Crippen molar-refractivity contribution in [2.24, 2.45) is 0 Å². The highest BCUT2D eigenvalue weighted by molar-refractivity contribution is 7.90. The lowest BCUT2D eigenvalue weighted by atomic mass is 10.2. The first-order valence-electron chi connectivity index (χ1n) is 5.76. The van der Waals surface area contributed by atoms with Crippen LogP contribution in [0.15, 0.2) is 41.8 Å². The molecule has 0 aliphatic rings. The van der Waals surface area contributed by atoms with Crippen LogP contribution in [-0.4, -0.2) is 30.8 Å². The molecular weight excluding hydrogens is 264 g/mol. The third-order valence-electron chi connectivity index (χ3n) is 2.70. The summed E-state index contributed by atoms with van der Waals surface area (Å²) in [5, 5.41) is 3.16. The number of aromatic nitrogens is 2. The Hall–Kier alpha value is -2.02. The van der Waals surface area contributed by atoms with Crippen LogP contribution in [-0.2, 0) is 16.4 Å². The zero-order valence-electron chi connectivity index (χ0n) is 10.6. The van der Waals surface area contributed by atoms with Gasteiger partial charge in [0.05, 0.1) is 22.6 Å². The summed E-state index contributed by atoms with van der Waals surface area (Å²) in [6.07, 6.45) is 6.48. The van der Waals surface area contributed by atoms with Crippen LogP contribution in [0.25, 0.3) is 0 Å². The van der Waals surface area contributed by atoms with E-state index in [1.807, 2.05) is 10.8 Å². The van der Waals surface area contributed by atoms with Gasteiger partial charge in [-0.05, 0) is 18.2 Å². The first-order chi connectivity index (χ1) is 8.97. The van der Waals surface area contributed by atoms with Gasteiger partial charge in [-0.2, -0.15) is 0 Å². The second-order valence-corrected chi connectivity index (χ2v) is 6.26. The van der Waals surface area contributed by atoms with Crippen LogP contribution in [0.5, 0.6) is 0 Å². The highest BCUT2D eigenvalue weighted by Crippen LogP contribution is 2.22. The van der Waals surface area contributed by atoms with Crippen LogP contribution in [0.2, 0.25) is 0 Å². The minimum absolute atomic E-state index is 0.227. The maximum atomic E-state index is 11.4. The van der Waals surface area contributed by atoms with Crippen molar-refractivity contribution in [1.29, 1.82) is 0 Å². The lowest BCUT2D eigenvalue weighted by Crippen LogP contribution is -2.11. The second kappa shape index (κ2) is 5.31. The van der Waals surface area contributed by atoms with Crippen molar-refractivity contribution >= 4 is 21.2 Å². The van der Waals surface area contributed by atoms with Crippen LogP contribution >= 0.6 is 0 Å². The van der Waals surface area contributed by atoms with Crippen molar-refractivity contribution in [3.05, 3.63) is 36.9 Å². The third-order valence-corrected chi connectivity index (χ3v) is 3.81. The molecule has 0 radical (unpaired) electrons. The van der Waals surface area contributed by atoms with Gasteiger partial charge < -0.3 is 15.6 Å². The van der Waals surface area contributed by atoms with Crippen molar-refractivity contribution in [3.63, 3.8) is 0 Å². The van der Waals surface area contributed by atoms with Crippen molar-refractivity contribution in [1.82, 2.24) is 9.55 Å². The van der Waals surface area contributed by atoms with Gasteiger partial charge in [-0.1, -0.05) is 0 Å². The zero-order valence-corrected chi connectivity index (χ0v) is 11.4. The second-order valence-electron chi connectivity index (χ2n) is 4.25. The Morgan fingerprint density at radius 1 is 1.42 bits per heavy atom. The van der Waals surface area contributed by atoms with Gasteiger partial charge in [0.1, 0.15) is 0 Å². The molecule has 0 amide bonds. The molecule has 1 heterocycles.